The van der Waals surface area contributed by atoms with Crippen LogP contribution in [0.5, 0.6) is 5.75 Å². The molecule has 35 heavy (non-hydrogen) atoms. The summed E-state index contributed by atoms with van der Waals surface area (Å²) in [5, 5.41) is 11.5. The molecule has 2 atom stereocenters. The Morgan fingerprint density at radius 1 is 1.29 bits per heavy atom. The summed E-state index contributed by atoms with van der Waals surface area (Å²) < 4.78 is 53.0. The number of carboxylic acid groups (broad SMARTS) is 1. The number of carbonyl (C=O) groups is 2. The van der Waals surface area contributed by atoms with Crippen LogP contribution in [0.3, 0.4) is 0 Å². The number of aliphatic carboxylic acids is 1. The molecule has 2 N–H and O–H groups in total. The van der Waals surface area contributed by atoms with E-state index < -0.39 is 45.5 Å². The first kappa shape index (κ1) is 26.6. The number of ether oxygens (including phenoxy) is 2. The van der Waals surface area contributed by atoms with Crippen LogP contribution in [0, 0.1) is 11.7 Å². The van der Waals surface area contributed by atoms with Gasteiger partial charge in [0.15, 0.2) is 0 Å². The zero-order valence-corrected chi connectivity index (χ0v) is 21.1. The van der Waals surface area contributed by atoms with Crippen molar-refractivity contribution < 1.29 is 37.0 Å². The summed E-state index contributed by atoms with van der Waals surface area (Å²) in [4.78, 5) is 23.3. The fraction of sp³-hybridized carbons (Fsp3) is 0.391. The van der Waals surface area contributed by atoms with Crippen molar-refractivity contribution in [3.05, 3.63) is 47.2 Å². The van der Waals surface area contributed by atoms with Gasteiger partial charge in [0.1, 0.15) is 23.3 Å². The highest BCUT2D eigenvalue weighted by atomic mass is 35.5. The maximum atomic E-state index is 13.7. The molecule has 1 heterocycles. The van der Waals surface area contributed by atoms with Gasteiger partial charge in [-0.2, -0.15) is 0 Å². The van der Waals surface area contributed by atoms with Gasteiger partial charge in [-0.05, 0) is 63.6 Å². The highest BCUT2D eigenvalue weighted by Gasteiger charge is 2.36. The maximum Gasteiger partial charge on any atom is 0.412 e. The van der Waals surface area contributed by atoms with Crippen LogP contribution >= 0.6 is 11.6 Å². The molecular weight excluding hydrogens is 503 g/mol. The molecule has 0 saturated heterocycles. The van der Waals surface area contributed by atoms with Gasteiger partial charge in [0.05, 0.1) is 28.1 Å². The molecule has 3 rings (SSSR count). The number of anilines is 2. The first-order valence-corrected chi connectivity index (χ1v) is 12.5. The summed E-state index contributed by atoms with van der Waals surface area (Å²) >= 11 is 5.82. The van der Waals surface area contributed by atoms with E-state index in [0.717, 1.165) is 22.5 Å². The maximum absolute atomic E-state index is 13.7. The van der Waals surface area contributed by atoms with Crippen LogP contribution in [0.1, 0.15) is 34.1 Å². The van der Waals surface area contributed by atoms with Crippen molar-refractivity contribution in [2.24, 2.45) is 5.92 Å². The number of rotatable bonds is 6. The van der Waals surface area contributed by atoms with Gasteiger partial charge >= 0.3 is 12.1 Å². The predicted molar refractivity (Wildman–Crippen MR) is 128 cm³/mol. The number of carbonyl (C=O) groups excluding carboxylic acids is 1. The Morgan fingerprint density at radius 3 is 2.57 bits per heavy atom. The fourth-order valence-electron chi connectivity index (χ4n) is 3.42. The molecule has 0 unspecified atom stereocenters. The zero-order chi connectivity index (χ0) is 26.1. The average molecular weight is 529 g/mol. The van der Waals surface area contributed by atoms with Crippen LogP contribution in [0.25, 0.3) is 0 Å². The third-order valence-electron chi connectivity index (χ3n) is 5.05. The van der Waals surface area contributed by atoms with Crippen molar-refractivity contribution in [1.29, 1.82) is 0 Å². The van der Waals surface area contributed by atoms with E-state index in [-0.39, 0.29) is 40.0 Å². The molecule has 0 fully saturated rings. The summed E-state index contributed by atoms with van der Waals surface area (Å²) in [6.45, 7) is 6.39. The second-order valence-electron chi connectivity index (χ2n) is 9.14. The van der Waals surface area contributed by atoms with Crippen molar-refractivity contribution in [1.82, 2.24) is 0 Å². The van der Waals surface area contributed by atoms with Crippen molar-refractivity contribution in [3.63, 3.8) is 0 Å². The lowest BCUT2D eigenvalue weighted by molar-refractivity contribution is -0.142. The number of amides is 1. The highest BCUT2D eigenvalue weighted by molar-refractivity contribution is 7.92. The van der Waals surface area contributed by atoms with E-state index in [1.54, 1.807) is 20.8 Å². The first-order chi connectivity index (χ1) is 16.2. The molecule has 2 aromatic rings. The van der Waals surface area contributed by atoms with Gasteiger partial charge in [-0.1, -0.05) is 18.5 Å². The first-order valence-electron chi connectivity index (χ1n) is 10.7. The lowest BCUT2D eigenvalue weighted by atomic mass is 10.0. The normalized spacial score (nSPS) is 16.6. The lowest BCUT2D eigenvalue weighted by Crippen LogP contribution is -2.44. The second kappa shape index (κ2) is 9.90. The minimum atomic E-state index is -4.27. The summed E-state index contributed by atoms with van der Waals surface area (Å²) in [5.74, 6) is -2.44. The van der Waals surface area contributed by atoms with E-state index >= 15 is 0 Å². The number of carboxylic acids is 1. The van der Waals surface area contributed by atoms with Gasteiger partial charge in [-0.25, -0.2) is 17.6 Å². The van der Waals surface area contributed by atoms with Crippen molar-refractivity contribution in [2.45, 2.75) is 50.7 Å². The number of benzene rings is 2. The molecule has 0 bridgehead atoms. The fourth-order valence-corrected chi connectivity index (χ4v) is 5.19. The quantitative estimate of drug-likeness (QED) is 0.547. The molecule has 1 aliphatic rings. The topological polar surface area (TPSA) is 122 Å². The van der Waals surface area contributed by atoms with Crippen LogP contribution in [0.15, 0.2) is 41.3 Å². The van der Waals surface area contributed by atoms with E-state index in [0.29, 0.717) is 0 Å². The molecule has 12 heteroatoms. The van der Waals surface area contributed by atoms with Crippen LogP contribution in [0.2, 0.25) is 5.02 Å². The lowest BCUT2D eigenvalue weighted by Gasteiger charge is -2.36. The summed E-state index contributed by atoms with van der Waals surface area (Å²) in [5.41, 5.74) is -0.387. The van der Waals surface area contributed by atoms with E-state index in [2.05, 4.69) is 5.32 Å². The van der Waals surface area contributed by atoms with Crippen molar-refractivity contribution >= 4 is 45.1 Å². The SMILES string of the molecule is C[C@H](C[C@H]1CN(S(=O)(=O)c2ccc(F)c(Cl)c2)c2cc(NC(=O)OC(C)(C)C)ccc2O1)C(=O)O. The summed E-state index contributed by atoms with van der Waals surface area (Å²) in [6.07, 6.45) is -1.46. The molecule has 0 aromatic heterocycles. The Bertz CT molecular complexity index is 1250. The minimum absolute atomic E-state index is 0.0445. The zero-order valence-electron chi connectivity index (χ0n) is 19.5. The molecule has 9 nitrogen and oxygen atoms in total. The van der Waals surface area contributed by atoms with Gasteiger partial charge in [0, 0.05) is 5.69 Å². The number of fused-ring (bicyclic) bond motifs is 1. The van der Waals surface area contributed by atoms with E-state index in [4.69, 9.17) is 21.1 Å². The molecule has 1 aliphatic heterocycles. The second-order valence-corrected chi connectivity index (χ2v) is 11.4. The molecule has 0 saturated carbocycles. The van der Waals surface area contributed by atoms with Gasteiger partial charge in [-0.3, -0.25) is 14.4 Å². The largest absolute Gasteiger partial charge is 0.486 e. The number of nitrogens with zero attached hydrogens (tertiary/aromatic N) is 1. The summed E-state index contributed by atoms with van der Waals surface area (Å²) in [6, 6.07) is 7.41. The molecule has 0 spiro atoms. The molecule has 0 radical (unpaired) electrons. The Balaban J connectivity index is 2.02. The Morgan fingerprint density at radius 2 is 1.97 bits per heavy atom. The van der Waals surface area contributed by atoms with E-state index in [1.807, 2.05) is 0 Å². The van der Waals surface area contributed by atoms with Crippen LogP contribution in [0.4, 0.5) is 20.6 Å². The number of sulfonamides is 1. The molecular formula is C23H26ClFN2O7S. The van der Waals surface area contributed by atoms with Crippen LogP contribution < -0.4 is 14.4 Å². The van der Waals surface area contributed by atoms with Gasteiger partial charge < -0.3 is 14.6 Å². The number of nitrogens with one attached hydrogen (secondary N) is 1. The molecule has 1 amide bonds. The monoisotopic (exact) mass is 528 g/mol. The van der Waals surface area contributed by atoms with E-state index in [9.17, 15) is 27.5 Å². The smallest absolute Gasteiger partial charge is 0.412 e. The number of hydrogen-bond donors (Lipinski definition) is 2. The minimum Gasteiger partial charge on any atom is -0.486 e. The van der Waals surface area contributed by atoms with E-state index in [1.165, 1.54) is 25.1 Å². The van der Waals surface area contributed by atoms with Gasteiger partial charge in [0.25, 0.3) is 10.0 Å². The van der Waals surface area contributed by atoms with Crippen molar-refractivity contribution in [2.75, 3.05) is 16.2 Å². The molecule has 0 aliphatic carbocycles. The Kier molecular flexibility index (Phi) is 7.51. The molecule has 2 aromatic carbocycles. The van der Waals surface area contributed by atoms with Crippen molar-refractivity contribution in [3.8, 4) is 5.75 Å². The van der Waals surface area contributed by atoms with Crippen LogP contribution in [-0.4, -0.2) is 43.8 Å². The van der Waals surface area contributed by atoms with Crippen LogP contribution in [-0.2, 0) is 19.6 Å². The highest BCUT2D eigenvalue weighted by Crippen LogP contribution is 2.40. The third-order valence-corrected chi connectivity index (χ3v) is 7.12. The number of halogens is 2. The Hall–Kier alpha value is -3.05. The third kappa shape index (κ3) is 6.34. The van der Waals surface area contributed by atoms with Gasteiger partial charge in [-0.15, -0.1) is 0 Å². The number of hydrogen-bond acceptors (Lipinski definition) is 6. The molecule has 190 valence electrons. The predicted octanol–water partition coefficient (Wildman–Crippen LogP) is 4.89. The Labute approximate surface area is 207 Å². The average Bonchev–Trinajstić information content (AvgIpc) is 2.73. The standard InChI is InChI=1S/C23H26ClFN2O7S/c1-13(21(28)29)9-15-12-27(35(31,32)16-6-7-18(25)17(24)11-16)19-10-14(5-8-20(19)33-15)26-22(30)34-23(2,3)4/h5-8,10-11,13,15H,9,12H2,1-4H3,(H,26,30)(H,28,29)/t13-,15+/m1/s1. The van der Waals surface area contributed by atoms with Gasteiger partial charge in [0.2, 0.25) is 0 Å². The summed E-state index contributed by atoms with van der Waals surface area (Å²) in [7, 11) is -4.27.